The Bertz CT molecular complexity index is 2260. The van der Waals surface area contributed by atoms with Gasteiger partial charge in [-0.25, -0.2) is 14.6 Å². The van der Waals surface area contributed by atoms with E-state index in [1.165, 1.54) is 37.4 Å². The lowest BCUT2D eigenvalue weighted by Crippen LogP contribution is -2.26. The molecular weight excluding hydrogens is 657 g/mol. The van der Waals surface area contributed by atoms with E-state index in [0.717, 1.165) is 0 Å². The Morgan fingerprint density at radius 2 is 1.24 bits per heavy atom. The van der Waals surface area contributed by atoms with Crippen LogP contribution in [-0.4, -0.2) is 60.2 Å². The molecule has 6 aromatic rings. The highest BCUT2D eigenvalue weighted by Gasteiger charge is 2.33. The van der Waals surface area contributed by atoms with E-state index < -0.39 is 35.0 Å². The lowest BCUT2D eigenvalue weighted by Gasteiger charge is -2.19. The first-order chi connectivity index (χ1) is 23.7. The molecule has 0 aliphatic heterocycles. The Morgan fingerprint density at radius 3 is 1.72 bits per heavy atom. The number of carbonyl (C=O) groups is 4. The minimum atomic E-state index is -0.767. The monoisotopic (exact) mass is 694 g/mol. The number of thiophene rings is 1. The highest BCUT2D eigenvalue weighted by molar-refractivity contribution is 7.13. The first kappa shape index (κ1) is 34.5. The van der Waals surface area contributed by atoms with E-state index in [1.54, 1.807) is 90.1 Å². The molecule has 0 saturated heterocycles. The van der Waals surface area contributed by atoms with Gasteiger partial charge in [0.1, 0.15) is 29.3 Å². The molecule has 0 aliphatic carbocycles. The molecule has 0 N–H and O–H groups in total. The lowest BCUT2D eigenvalue weighted by molar-refractivity contribution is 0.0533. The van der Waals surface area contributed by atoms with Crippen LogP contribution in [0.3, 0.4) is 0 Å². The molecule has 0 unspecified atom stereocenters. The van der Waals surface area contributed by atoms with Crippen molar-refractivity contribution in [1.29, 1.82) is 0 Å². The molecule has 11 nitrogen and oxygen atoms in total. The van der Waals surface area contributed by atoms with Gasteiger partial charge < -0.3 is 14.2 Å². The molecule has 2 aromatic carbocycles. The van der Waals surface area contributed by atoms with Crippen molar-refractivity contribution in [1.82, 2.24) is 18.7 Å². The topological polar surface area (TPSA) is 124 Å². The lowest BCUT2D eigenvalue weighted by atomic mass is 10.0. The number of rotatable bonds is 8. The predicted octanol–water partition coefficient (Wildman–Crippen LogP) is 8.54. The molecule has 0 bridgehead atoms. The van der Waals surface area contributed by atoms with Gasteiger partial charge in [0.15, 0.2) is 5.82 Å². The summed E-state index contributed by atoms with van der Waals surface area (Å²) in [6, 6.07) is 17.7. The fraction of sp³-hybridized carbons (Fsp3) is 0.289. The van der Waals surface area contributed by atoms with Crippen LogP contribution in [0.4, 0.5) is 9.59 Å². The fourth-order valence-corrected chi connectivity index (χ4v) is 6.36. The third kappa shape index (κ3) is 6.64. The quantitative estimate of drug-likeness (QED) is 0.145. The summed E-state index contributed by atoms with van der Waals surface area (Å²) >= 11 is 1.37. The second-order valence-corrected chi connectivity index (χ2v) is 14.6. The minimum Gasteiger partial charge on any atom is -0.443 e. The Balaban J connectivity index is 1.55. The van der Waals surface area contributed by atoms with E-state index in [4.69, 9.17) is 19.2 Å². The molecule has 4 heterocycles. The average Bonchev–Trinajstić information content (AvgIpc) is 3.85. The summed E-state index contributed by atoms with van der Waals surface area (Å²) < 4.78 is 21.2. The third-order valence-corrected chi connectivity index (χ3v) is 8.53. The summed E-state index contributed by atoms with van der Waals surface area (Å²) in [7, 11) is 0. The molecule has 0 atom stereocenters. The first-order valence-electron chi connectivity index (χ1n) is 16.2. The zero-order valence-corrected chi connectivity index (χ0v) is 29.8. The van der Waals surface area contributed by atoms with E-state index in [1.807, 2.05) is 24.4 Å². The second kappa shape index (κ2) is 13.2. The van der Waals surface area contributed by atoms with E-state index >= 15 is 0 Å². The van der Waals surface area contributed by atoms with Gasteiger partial charge in [-0.05, 0) is 72.0 Å². The third-order valence-electron chi connectivity index (χ3n) is 7.66. The summed E-state index contributed by atoms with van der Waals surface area (Å²) in [5.74, 6) is -1.03. The molecule has 258 valence electrons. The number of hydrogen-bond acceptors (Lipinski definition) is 9. The molecule has 4 aromatic heterocycles. The molecule has 12 heteroatoms. The normalized spacial score (nSPS) is 12.1. The largest absolute Gasteiger partial charge is 0.443 e. The van der Waals surface area contributed by atoms with Crippen LogP contribution in [0.15, 0.2) is 78.4 Å². The predicted molar refractivity (Wildman–Crippen MR) is 191 cm³/mol. The molecule has 0 radical (unpaired) electrons. The van der Waals surface area contributed by atoms with Crippen molar-refractivity contribution in [2.75, 3.05) is 6.61 Å². The zero-order valence-electron chi connectivity index (χ0n) is 29.0. The number of ketones is 2. The standard InChI is InChI=1S/C38H38N4O7S/c1-8-47-22-42-31(32(43)25-20-40(35(45)48-37(2,3)4)27-16-11-9-14-23(25)27)30(29-18-13-19-50-29)39-34(42)33(44)26-21-41(36(46)49-38(5,6)7)28-17-12-10-15-24(26)28/h9-21H,8,22H2,1-7H3. The summed E-state index contributed by atoms with van der Waals surface area (Å²) in [6.45, 7) is 12.6. The van der Waals surface area contributed by atoms with Crippen molar-refractivity contribution in [2.45, 2.75) is 66.4 Å². The molecule has 0 amide bonds. The van der Waals surface area contributed by atoms with Gasteiger partial charge in [-0.15, -0.1) is 11.3 Å². The van der Waals surface area contributed by atoms with Crippen molar-refractivity contribution in [2.24, 2.45) is 0 Å². The van der Waals surface area contributed by atoms with Crippen molar-refractivity contribution in [3.05, 3.63) is 101 Å². The molecule has 0 fully saturated rings. The van der Waals surface area contributed by atoms with Crippen LogP contribution < -0.4 is 0 Å². The van der Waals surface area contributed by atoms with Crippen molar-refractivity contribution in [3.8, 4) is 10.6 Å². The van der Waals surface area contributed by atoms with Gasteiger partial charge in [0, 0.05) is 29.8 Å². The minimum absolute atomic E-state index is 0.0480. The zero-order chi connectivity index (χ0) is 36.0. The van der Waals surface area contributed by atoms with Crippen LogP contribution in [0.1, 0.15) is 80.7 Å². The number of nitrogens with zero attached hydrogens (tertiary/aromatic N) is 4. The van der Waals surface area contributed by atoms with Crippen LogP contribution in [0.5, 0.6) is 0 Å². The fourth-order valence-electron chi connectivity index (χ4n) is 5.64. The molecule has 0 aliphatic rings. The van der Waals surface area contributed by atoms with Gasteiger partial charge in [0.2, 0.25) is 11.6 Å². The summed E-state index contributed by atoms with van der Waals surface area (Å²) in [4.78, 5) is 61.5. The van der Waals surface area contributed by atoms with Gasteiger partial charge in [-0.3, -0.25) is 23.3 Å². The van der Waals surface area contributed by atoms with Crippen LogP contribution >= 0.6 is 11.3 Å². The molecule has 0 spiro atoms. The number of ether oxygens (including phenoxy) is 3. The van der Waals surface area contributed by atoms with Crippen LogP contribution in [0, 0.1) is 0 Å². The highest BCUT2D eigenvalue weighted by atomic mass is 32.1. The smallest absolute Gasteiger partial charge is 0.419 e. The van der Waals surface area contributed by atoms with Gasteiger partial charge >= 0.3 is 12.2 Å². The first-order valence-corrected chi connectivity index (χ1v) is 17.0. The van der Waals surface area contributed by atoms with Gasteiger partial charge in [0.05, 0.1) is 27.0 Å². The highest BCUT2D eigenvalue weighted by Crippen LogP contribution is 2.34. The molecule has 6 rings (SSSR count). The number of fused-ring (bicyclic) bond motifs is 2. The van der Waals surface area contributed by atoms with Gasteiger partial charge in [-0.2, -0.15) is 0 Å². The number of carbonyl (C=O) groups excluding carboxylic acids is 4. The average molecular weight is 695 g/mol. The van der Waals surface area contributed by atoms with E-state index in [-0.39, 0.29) is 35.1 Å². The summed E-state index contributed by atoms with van der Waals surface area (Å²) in [5.41, 5.74) is 0.275. The Morgan fingerprint density at radius 1 is 0.720 bits per heavy atom. The van der Waals surface area contributed by atoms with Gasteiger partial charge in [0.25, 0.3) is 0 Å². The maximum Gasteiger partial charge on any atom is 0.419 e. The van der Waals surface area contributed by atoms with Crippen molar-refractivity contribution in [3.63, 3.8) is 0 Å². The SMILES string of the molecule is CCOCn1c(C(=O)c2cn(C(=O)OC(C)(C)C)c3ccccc23)nc(-c2cccs2)c1C(=O)c1cn(C(=O)OC(C)(C)C)c2ccccc12. The molecular formula is C38H38N4O7S. The Kier molecular flexibility index (Phi) is 9.10. The van der Waals surface area contributed by atoms with E-state index in [9.17, 15) is 19.2 Å². The maximum absolute atomic E-state index is 14.8. The number of imidazole rings is 1. The Hall–Kier alpha value is -5.33. The second-order valence-electron chi connectivity index (χ2n) is 13.6. The number of aromatic nitrogens is 4. The number of hydrogen-bond donors (Lipinski definition) is 0. The van der Waals surface area contributed by atoms with E-state index in [0.29, 0.717) is 33.3 Å². The van der Waals surface area contributed by atoms with Crippen molar-refractivity contribution >= 4 is 56.9 Å². The molecule has 0 saturated carbocycles. The number of para-hydroxylation sites is 2. The van der Waals surface area contributed by atoms with Crippen LogP contribution in [0.2, 0.25) is 0 Å². The maximum atomic E-state index is 14.8. The van der Waals surface area contributed by atoms with E-state index in [2.05, 4.69) is 0 Å². The summed E-state index contributed by atoms with van der Waals surface area (Å²) in [6.07, 6.45) is 1.64. The van der Waals surface area contributed by atoms with Gasteiger partial charge in [-0.1, -0.05) is 42.5 Å². The Labute approximate surface area is 293 Å². The van der Waals surface area contributed by atoms with Crippen molar-refractivity contribution < 1.29 is 33.4 Å². The van der Waals surface area contributed by atoms with Crippen LogP contribution in [0.25, 0.3) is 32.4 Å². The van der Waals surface area contributed by atoms with Crippen LogP contribution in [-0.2, 0) is 20.9 Å². The summed E-state index contributed by atoms with van der Waals surface area (Å²) in [5, 5.41) is 2.90. The molecule has 50 heavy (non-hydrogen) atoms. The number of benzene rings is 2.